The molecule has 1 heterocycles. The highest BCUT2D eigenvalue weighted by molar-refractivity contribution is 9.10. The summed E-state index contributed by atoms with van der Waals surface area (Å²) in [5, 5.41) is 3.50. The second kappa shape index (κ2) is 5.70. The lowest BCUT2D eigenvalue weighted by atomic mass is 10.1. The number of nitrogens with zero attached hydrogens (tertiary/aromatic N) is 2. The van der Waals surface area contributed by atoms with Gasteiger partial charge in [-0.25, -0.2) is 4.98 Å². The Morgan fingerprint density at radius 3 is 2.45 bits per heavy atom. The number of benzene rings is 1. The van der Waals surface area contributed by atoms with E-state index in [1.54, 1.807) is 0 Å². The van der Waals surface area contributed by atoms with Crippen LogP contribution in [0.4, 0.5) is 0 Å². The molecule has 0 bridgehead atoms. The molecule has 0 saturated heterocycles. The third-order valence-electron chi connectivity index (χ3n) is 3.35. The van der Waals surface area contributed by atoms with Gasteiger partial charge in [-0.05, 0) is 68.2 Å². The first-order valence-electron chi connectivity index (χ1n) is 6.82. The Balaban J connectivity index is 2.24. The Labute approximate surface area is 129 Å². The fourth-order valence-electron chi connectivity index (χ4n) is 1.96. The summed E-state index contributed by atoms with van der Waals surface area (Å²) in [5.74, 6) is 0. The van der Waals surface area contributed by atoms with Gasteiger partial charge in [0, 0.05) is 22.3 Å². The molecule has 0 fully saturated rings. The predicted molar refractivity (Wildman–Crippen MR) is 87.3 cm³/mol. The molecule has 1 aromatic heterocycles. The van der Waals surface area contributed by atoms with Crippen molar-refractivity contribution in [3.05, 3.63) is 46.0 Å². The van der Waals surface area contributed by atoms with Crippen molar-refractivity contribution in [3.8, 4) is 5.69 Å². The molecule has 0 aliphatic carbocycles. The number of hydrogen-bond acceptors (Lipinski definition) is 2. The van der Waals surface area contributed by atoms with Crippen LogP contribution >= 0.6 is 15.9 Å². The van der Waals surface area contributed by atoms with E-state index in [0.29, 0.717) is 0 Å². The molecule has 0 saturated carbocycles. The highest BCUT2D eigenvalue weighted by Crippen LogP contribution is 2.24. The van der Waals surface area contributed by atoms with E-state index in [1.807, 2.05) is 13.3 Å². The van der Waals surface area contributed by atoms with Crippen LogP contribution in [0, 0.1) is 13.8 Å². The lowest BCUT2D eigenvalue weighted by Crippen LogP contribution is -2.35. The van der Waals surface area contributed by atoms with Crippen molar-refractivity contribution in [2.75, 3.05) is 0 Å². The van der Waals surface area contributed by atoms with E-state index >= 15 is 0 Å². The number of halogens is 1. The van der Waals surface area contributed by atoms with Crippen molar-refractivity contribution in [3.63, 3.8) is 0 Å². The number of aryl methyl sites for hydroxylation is 1. The Kier molecular flexibility index (Phi) is 4.35. The van der Waals surface area contributed by atoms with Crippen LogP contribution in [0.3, 0.4) is 0 Å². The normalized spacial score (nSPS) is 11.9. The zero-order valence-corrected chi connectivity index (χ0v) is 14.4. The SMILES string of the molecule is Cc1ncn(-c2ccc(CNC(C)(C)C)cc2Br)c1C. The molecule has 108 valence electrons. The van der Waals surface area contributed by atoms with Crippen molar-refractivity contribution in [1.29, 1.82) is 0 Å². The van der Waals surface area contributed by atoms with Gasteiger partial charge in [-0.2, -0.15) is 0 Å². The topological polar surface area (TPSA) is 29.9 Å². The van der Waals surface area contributed by atoms with Crippen LogP contribution in [0.2, 0.25) is 0 Å². The van der Waals surface area contributed by atoms with Gasteiger partial charge in [0.2, 0.25) is 0 Å². The average molecular weight is 336 g/mol. The van der Waals surface area contributed by atoms with Crippen molar-refractivity contribution >= 4 is 15.9 Å². The van der Waals surface area contributed by atoms with E-state index in [-0.39, 0.29) is 5.54 Å². The van der Waals surface area contributed by atoms with Crippen molar-refractivity contribution < 1.29 is 0 Å². The number of imidazole rings is 1. The first-order valence-corrected chi connectivity index (χ1v) is 7.61. The first-order chi connectivity index (χ1) is 9.28. The lowest BCUT2D eigenvalue weighted by molar-refractivity contribution is 0.424. The predicted octanol–water partition coefficient (Wildman–Crippen LogP) is 4.14. The molecular formula is C16H22BrN3. The van der Waals surface area contributed by atoms with Crippen LogP contribution in [0.1, 0.15) is 37.7 Å². The largest absolute Gasteiger partial charge is 0.308 e. The van der Waals surface area contributed by atoms with Crippen LogP contribution in [0.15, 0.2) is 29.0 Å². The molecule has 0 atom stereocenters. The zero-order valence-electron chi connectivity index (χ0n) is 12.8. The van der Waals surface area contributed by atoms with E-state index in [1.165, 1.54) is 11.3 Å². The molecule has 4 heteroatoms. The summed E-state index contributed by atoms with van der Waals surface area (Å²) in [5.41, 5.74) is 4.76. The van der Waals surface area contributed by atoms with E-state index in [4.69, 9.17) is 0 Å². The van der Waals surface area contributed by atoms with Gasteiger partial charge in [0.05, 0.1) is 17.7 Å². The van der Waals surface area contributed by atoms with Crippen molar-refractivity contribution in [2.45, 2.75) is 46.7 Å². The van der Waals surface area contributed by atoms with E-state index in [9.17, 15) is 0 Å². The maximum atomic E-state index is 4.35. The van der Waals surface area contributed by atoms with Gasteiger partial charge in [-0.15, -0.1) is 0 Å². The standard InChI is InChI=1S/C16H22BrN3/c1-11-12(2)20(10-18-11)15-7-6-13(8-14(15)17)9-19-16(3,4)5/h6-8,10,19H,9H2,1-5H3. The summed E-state index contributed by atoms with van der Waals surface area (Å²) < 4.78 is 3.20. The number of aromatic nitrogens is 2. The molecule has 3 nitrogen and oxygen atoms in total. The molecule has 1 N–H and O–H groups in total. The molecule has 0 aliphatic rings. The second-order valence-electron chi connectivity index (χ2n) is 6.17. The molecule has 1 aromatic carbocycles. The number of nitrogens with one attached hydrogen (secondary N) is 1. The van der Waals surface area contributed by atoms with E-state index in [0.717, 1.165) is 22.4 Å². The molecule has 0 amide bonds. The monoisotopic (exact) mass is 335 g/mol. The highest BCUT2D eigenvalue weighted by Gasteiger charge is 2.11. The summed E-state index contributed by atoms with van der Waals surface area (Å²) in [4.78, 5) is 4.35. The fraction of sp³-hybridized carbons (Fsp3) is 0.438. The quantitative estimate of drug-likeness (QED) is 0.913. The van der Waals surface area contributed by atoms with Gasteiger partial charge in [-0.1, -0.05) is 6.07 Å². The summed E-state index contributed by atoms with van der Waals surface area (Å²) in [6, 6.07) is 6.47. The van der Waals surface area contributed by atoms with Crippen LogP contribution < -0.4 is 5.32 Å². The zero-order chi connectivity index (χ0) is 14.9. The summed E-state index contributed by atoms with van der Waals surface area (Å²) in [6.07, 6.45) is 1.87. The average Bonchev–Trinajstić information content (AvgIpc) is 2.67. The van der Waals surface area contributed by atoms with Gasteiger partial charge in [0.1, 0.15) is 0 Å². The van der Waals surface area contributed by atoms with Gasteiger partial charge in [0.25, 0.3) is 0 Å². The molecule has 0 aliphatic heterocycles. The Bertz CT molecular complexity index is 609. The minimum absolute atomic E-state index is 0.128. The maximum absolute atomic E-state index is 4.35. The van der Waals surface area contributed by atoms with Crippen LogP contribution in [0.25, 0.3) is 5.69 Å². The molecule has 2 rings (SSSR count). The third kappa shape index (κ3) is 3.49. The minimum atomic E-state index is 0.128. The third-order valence-corrected chi connectivity index (χ3v) is 3.98. The fourth-order valence-corrected chi connectivity index (χ4v) is 2.58. The molecule has 2 aromatic rings. The maximum Gasteiger partial charge on any atom is 0.0997 e. The molecule has 0 radical (unpaired) electrons. The highest BCUT2D eigenvalue weighted by atomic mass is 79.9. The van der Waals surface area contributed by atoms with Crippen LogP contribution in [0.5, 0.6) is 0 Å². The summed E-state index contributed by atoms with van der Waals surface area (Å²) in [7, 11) is 0. The van der Waals surface area contributed by atoms with Gasteiger partial charge >= 0.3 is 0 Å². The Morgan fingerprint density at radius 1 is 1.25 bits per heavy atom. The minimum Gasteiger partial charge on any atom is -0.308 e. The van der Waals surface area contributed by atoms with Gasteiger partial charge < -0.3 is 9.88 Å². The lowest BCUT2D eigenvalue weighted by Gasteiger charge is -2.21. The summed E-state index contributed by atoms with van der Waals surface area (Å²) >= 11 is 3.67. The van der Waals surface area contributed by atoms with Gasteiger partial charge in [0.15, 0.2) is 0 Å². The summed E-state index contributed by atoms with van der Waals surface area (Å²) in [6.45, 7) is 11.5. The first kappa shape index (κ1) is 15.3. The van der Waals surface area contributed by atoms with Crippen LogP contribution in [-0.2, 0) is 6.54 Å². The van der Waals surface area contributed by atoms with E-state index in [2.05, 4.69) is 76.7 Å². The van der Waals surface area contributed by atoms with E-state index < -0.39 is 0 Å². The second-order valence-corrected chi connectivity index (χ2v) is 7.03. The van der Waals surface area contributed by atoms with Gasteiger partial charge in [-0.3, -0.25) is 0 Å². The van der Waals surface area contributed by atoms with Crippen molar-refractivity contribution in [1.82, 2.24) is 14.9 Å². The Morgan fingerprint density at radius 2 is 1.95 bits per heavy atom. The molecule has 20 heavy (non-hydrogen) atoms. The smallest absolute Gasteiger partial charge is 0.0997 e. The van der Waals surface area contributed by atoms with Crippen LogP contribution in [-0.4, -0.2) is 15.1 Å². The van der Waals surface area contributed by atoms with Crippen molar-refractivity contribution in [2.24, 2.45) is 0 Å². The Hall–Kier alpha value is -1.13. The molecule has 0 unspecified atom stereocenters. The number of rotatable bonds is 3. The number of hydrogen-bond donors (Lipinski definition) is 1. The molecular weight excluding hydrogens is 314 g/mol. The molecule has 0 spiro atoms.